The van der Waals surface area contributed by atoms with Crippen LogP contribution in [0.15, 0.2) is 146 Å². The number of phenolic OH excluding ortho intramolecular Hbond substituents is 1. The van der Waals surface area contributed by atoms with Gasteiger partial charge in [0.25, 0.3) is 0 Å². The molecule has 7 aromatic carbocycles. The van der Waals surface area contributed by atoms with E-state index in [1.54, 1.807) is 53.1 Å². The third-order valence-corrected chi connectivity index (χ3v) is 17.7. The lowest BCUT2D eigenvalue weighted by Gasteiger charge is -2.28. The van der Waals surface area contributed by atoms with Gasteiger partial charge in [0.1, 0.15) is 29.3 Å². The highest BCUT2D eigenvalue weighted by atomic mass is 79.9. The first-order valence-electron chi connectivity index (χ1n) is 29.7. The van der Waals surface area contributed by atoms with Crippen molar-refractivity contribution in [1.82, 2.24) is 0 Å². The number of methoxy groups -OCH3 is 3. The van der Waals surface area contributed by atoms with Crippen LogP contribution < -0.4 is 30.1 Å². The summed E-state index contributed by atoms with van der Waals surface area (Å²) in [5, 5.41) is 12.9. The van der Waals surface area contributed by atoms with Crippen LogP contribution in [0.3, 0.4) is 0 Å². The monoisotopic (exact) mass is 1450 g/mol. The molecular weight excluding hydrogens is 1370 g/mol. The second kappa shape index (κ2) is 43.6. The van der Waals surface area contributed by atoms with E-state index in [1.165, 1.54) is 11.6 Å². The number of halogens is 3. The van der Waals surface area contributed by atoms with Crippen molar-refractivity contribution in [2.75, 3.05) is 47.8 Å². The Labute approximate surface area is 565 Å². The average Bonchev–Trinajstić information content (AvgIpc) is 0.783. The van der Waals surface area contributed by atoms with Gasteiger partial charge >= 0.3 is 27.1 Å². The normalized spacial score (nSPS) is 10.2. The van der Waals surface area contributed by atoms with E-state index in [2.05, 4.69) is 89.7 Å². The van der Waals surface area contributed by atoms with Crippen LogP contribution in [0.1, 0.15) is 112 Å². The second-order valence-corrected chi connectivity index (χ2v) is 30.0. The number of carbonyl (C=O) groups excluding carboxylic acids is 5. The summed E-state index contributed by atoms with van der Waals surface area (Å²) in [7, 11) is 4.94. The SMILES string of the molecule is BrB(Br)Br.CCOC(=O)/C=C/c1cc(C)c(OC)cc1C.CCOC(=O)C=P(c1ccccc1)(c1ccccc1)c1ccccc1.CCOC(=O)CCc1cc(C)c(O)cc1C.CCOC(=O)CCc1cc(C)c(OC)cc1C.COc1cc(C)c(C=O)cc1C. The number of esters is 4. The summed E-state index contributed by atoms with van der Waals surface area (Å²) in [5.41, 5.74) is 12.1. The molecule has 0 aliphatic carbocycles. The Bertz CT molecular complexity index is 3380. The van der Waals surface area contributed by atoms with Crippen LogP contribution >= 0.6 is 54.2 Å². The zero-order valence-corrected chi connectivity index (χ0v) is 60.9. The van der Waals surface area contributed by atoms with E-state index in [4.69, 9.17) is 33.2 Å². The third kappa shape index (κ3) is 28.1. The number of aryl methyl sites for hydroxylation is 10. The van der Waals surface area contributed by atoms with Crippen molar-refractivity contribution in [3.05, 3.63) is 212 Å². The van der Waals surface area contributed by atoms with E-state index in [0.717, 1.165) is 107 Å². The van der Waals surface area contributed by atoms with Crippen molar-refractivity contribution >= 4 is 115 Å². The lowest BCUT2D eigenvalue weighted by atomic mass is 10.0. The first-order valence-corrected chi connectivity index (χ1v) is 34.4. The predicted octanol–water partition coefficient (Wildman–Crippen LogP) is 15.8. The van der Waals surface area contributed by atoms with Gasteiger partial charge in [-0.05, 0) is 222 Å². The van der Waals surface area contributed by atoms with Crippen LogP contribution in [-0.2, 0) is 51.0 Å². The van der Waals surface area contributed by atoms with Gasteiger partial charge in [0.2, 0.25) is 0 Å². The Balaban J connectivity index is 0.000000389. The minimum Gasteiger partial charge on any atom is -0.508 e. The molecule has 0 fully saturated rings. The number of phenols is 1. The number of benzene rings is 7. The van der Waals surface area contributed by atoms with E-state index in [1.807, 2.05) is 160 Å². The summed E-state index contributed by atoms with van der Waals surface area (Å²) in [4.78, 5) is 56.8. The molecule has 0 saturated carbocycles. The van der Waals surface area contributed by atoms with Gasteiger partial charge in [0.05, 0.1) is 47.8 Å². The first-order chi connectivity index (χ1) is 43.4. The number of rotatable bonds is 20. The number of hydrogen-bond acceptors (Lipinski definition) is 13. The molecule has 7 aromatic rings. The van der Waals surface area contributed by atoms with Crippen LogP contribution in [0, 0.1) is 55.4 Å². The van der Waals surface area contributed by atoms with Crippen molar-refractivity contribution in [2.24, 2.45) is 0 Å². The van der Waals surface area contributed by atoms with Crippen LogP contribution in [0.4, 0.5) is 0 Å². The molecule has 0 saturated heterocycles. The summed E-state index contributed by atoms with van der Waals surface area (Å²) < 4.78 is 35.8. The van der Waals surface area contributed by atoms with E-state index < -0.39 is 6.89 Å². The summed E-state index contributed by atoms with van der Waals surface area (Å²) in [6.07, 6.45) is 6.26. The molecule has 1 N–H and O–H groups in total. The highest BCUT2D eigenvalue weighted by Crippen LogP contribution is 2.43. The molecule has 0 atom stereocenters. The molecule has 0 aromatic heterocycles. The molecule has 91 heavy (non-hydrogen) atoms. The minimum atomic E-state index is -2.24. The summed E-state index contributed by atoms with van der Waals surface area (Å²) in [6, 6.07) is 46.1. The number of carbonyl (C=O) groups is 5. The van der Waals surface area contributed by atoms with Crippen LogP contribution in [0.25, 0.3) is 6.08 Å². The summed E-state index contributed by atoms with van der Waals surface area (Å²) >= 11 is 9.31. The molecule has 0 amide bonds. The fourth-order valence-electron chi connectivity index (χ4n) is 9.13. The number of ether oxygens (including phenoxy) is 7. The third-order valence-electron chi connectivity index (χ3n) is 13.8. The molecule has 0 radical (unpaired) electrons. The Hall–Kier alpha value is -7.17. The predicted molar refractivity (Wildman–Crippen MR) is 386 cm³/mol. The van der Waals surface area contributed by atoms with Gasteiger partial charge in [0.15, 0.2) is 0 Å². The topological polar surface area (TPSA) is 170 Å². The standard InChI is InChI=1S/C22H21O2P.C14H20O3.C14H18O3.C13H18O3.C10H12O2.BBr3/c1-2-24-22(23)18-25(19-12-6-3-7-13-19,20-14-8-4-9-15-20)21-16-10-5-11-17-21;2*1-5-17-14(15)7-6-12-8-11(3)13(16-4)9-10(12)2;1-4-16-13(15)6-5-11-7-10(3)12(14)8-9(11)2;1-7-5-10(12-3)8(2)4-9(7)6-11;2-1(3)4/h3-18H,2H2,1H3;8-9H,5-7H2,1-4H3;6-9H,5H2,1-4H3;7-8,14H,4-6H2,1-3H3;4-6H,1-3H3;/b;;7-6+;;;. The maximum Gasteiger partial charge on any atom is 0.369 e. The van der Waals surface area contributed by atoms with Crippen LogP contribution in [0.5, 0.6) is 23.0 Å². The van der Waals surface area contributed by atoms with Gasteiger partial charge in [0, 0.05) is 30.3 Å². The van der Waals surface area contributed by atoms with Gasteiger partial charge in [-0.3, -0.25) is 14.4 Å². The lowest BCUT2D eigenvalue weighted by molar-refractivity contribution is -0.144. The van der Waals surface area contributed by atoms with E-state index >= 15 is 0 Å². The highest BCUT2D eigenvalue weighted by Gasteiger charge is 2.27. The molecule has 18 heteroatoms. The molecule has 488 valence electrons. The van der Waals surface area contributed by atoms with Gasteiger partial charge < -0.3 is 38.3 Å². The van der Waals surface area contributed by atoms with E-state index in [0.29, 0.717) is 51.4 Å². The average molecular weight is 1460 g/mol. The minimum absolute atomic E-state index is 0.139. The Morgan fingerprint density at radius 3 is 1.18 bits per heavy atom. The molecular formula is C73H89BBr3O13P. The zero-order chi connectivity index (χ0) is 68.1. The Morgan fingerprint density at radius 1 is 0.451 bits per heavy atom. The second-order valence-electron chi connectivity index (χ2n) is 20.3. The van der Waals surface area contributed by atoms with Crippen molar-refractivity contribution in [3.8, 4) is 23.0 Å². The maximum absolute atomic E-state index is 12.5. The van der Waals surface area contributed by atoms with Crippen molar-refractivity contribution in [3.63, 3.8) is 0 Å². The molecule has 0 aliphatic heterocycles. The van der Waals surface area contributed by atoms with Crippen LogP contribution in [-0.4, -0.2) is 92.0 Å². The highest BCUT2D eigenvalue weighted by molar-refractivity contribution is 9.69. The van der Waals surface area contributed by atoms with Crippen molar-refractivity contribution in [1.29, 1.82) is 0 Å². The Morgan fingerprint density at radius 2 is 0.791 bits per heavy atom. The number of hydrogen-bond donors (Lipinski definition) is 1. The fourth-order valence-corrected chi connectivity index (χ4v) is 12.8. The zero-order valence-electron chi connectivity index (χ0n) is 55.2. The van der Waals surface area contributed by atoms with Crippen molar-refractivity contribution < 1.29 is 62.2 Å². The number of aromatic hydroxyl groups is 1. The van der Waals surface area contributed by atoms with Gasteiger partial charge in [-0.25, -0.2) is 9.59 Å². The number of aldehydes is 1. The van der Waals surface area contributed by atoms with E-state index in [-0.39, 0.29) is 27.1 Å². The first kappa shape index (κ1) is 79.9. The molecule has 0 aliphatic rings. The lowest BCUT2D eigenvalue weighted by Crippen LogP contribution is -2.29. The maximum atomic E-state index is 12.5. The van der Waals surface area contributed by atoms with Gasteiger partial charge in [-0.2, -0.15) is 0 Å². The quantitative estimate of drug-likeness (QED) is 0.0191. The summed E-state index contributed by atoms with van der Waals surface area (Å²) in [5.74, 6) is 3.78. The molecule has 0 unspecified atom stereocenters. The van der Waals surface area contributed by atoms with Gasteiger partial charge in [-0.1, -0.05) is 103 Å². The largest absolute Gasteiger partial charge is 0.508 e. The van der Waals surface area contributed by atoms with E-state index in [9.17, 15) is 29.1 Å². The van der Waals surface area contributed by atoms with Crippen LogP contribution in [0.2, 0.25) is 0 Å². The molecule has 0 heterocycles. The molecule has 0 bridgehead atoms. The molecule has 13 nitrogen and oxygen atoms in total. The molecule has 0 spiro atoms. The summed E-state index contributed by atoms with van der Waals surface area (Å²) in [6.45, 7) is 22.2. The molecule has 7 rings (SSSR count). The van der Waals surface area contributed by atoms with Crippen molar-refractivity contribution in [2.45, 2.75) is 109 Å². The fraction of sp³-hybridized carbons (Fsp3) is 0.315. The smallest absolute Gasteiger partial charge is 0.369 e. The van der Waals surface area contributed by atoms with Gasteiger partial charge in [-0.15, -0.1) is 47.3 Å². The Kier molecular flexibility index (Phi) is 38.3.